The maximum Gasteiger partial charge on any atom is 0.324 e. The molecule has 8 heteroatoms. The minimum Gasteiger partial charge on any atom is -0.383 e. The van der Waals surface area contributed by atoms with Gasteiger partial charge in [0.25, 0.3) is 5.91 Å². The number of anilines is 1. The van der Waals surface area contributed by atoms with Crippen LogP contribution in [0.15, 0.2) is 54.6 Å². The normalized spacial score (nSPS) is 13.4. The molecule has 1 heterocycles. The summed E-state index contributed by atoms with van der Waals surface area (Å²) in [6.07, 6.45) is 0. The molecule has 4 amide bonds. The molecule has 0 saturated carbocycles. The second kappa shape index (κ2) is 8.81. The molecular formula is C19H20N4O4. The van der Waals surface area contributed by atoms with Crippen molar-refractivity contribution in [1.29, 1.82) is 0 Å². The lowest BCUT2D eigenvalue weighted by Gasteiger charge is -2.16. The third-order valence-electron chi connectivity index (χ3n) is 3.98. The number of urea groups is 1. The standard InChI is InChI=1S/C19H20N4O4/c24-17-12-23(19(26)21-17)11-10-20-16-9-5-4-8-15(16)18(25)22-27-13-14-6-2-1-3-7-14/h1-9,20H,10-13H2,(H,22,25)(H,21,24,26). The first-order valence-corrected chi connectivity index (χ1v) is 8.51. The number of carbonyl (C=O) groups excluding carboxylic acids is 3. The highest BCUT2D eigenvalue weighted by Gasteiger charge is 2.25. The van der Waals surface area contributed by atoms with Gasteiger partial charge in [0.05, 0.1) is 12.2 Å². The molecule has 2 aromatic carbocycles. The maximum atomic E-state index is 12.4. The van der Waals surface area contributed by atoms with Crippen molar-refractivity contribution < 1.29 is 19.2 Å². The third-order valence-corrected chi connectivity index (χ3v) is 3.98. The van der Waals surface area contributed by atoms with Crippen molar-refractivity contribution in [3.8, 4) is 0 Å². The first kappa shape index (κ1) is 18.4. The van der Waals surface area contributed by atoms with Gasteiger partial charge in [0.2, 0.25) is 5.91 Å². The quantitative estimate of drug-likeness (QED) is 0.484. The van der Waals surface area contributed by atoms with Gasteiger partial charge in [0, 0.05) is 18.8 Å². The van der Waals surface area contributed by atoms with E-state index in [1.807, 2.05) is 30.3 Å². The molecule has 0 aliphatic carbocycles. The predicted octanol–water partition coefficient (Wildman–Crippen LogP) is 1.51. The zero-order valence-corrected chi connectivity index (χ0v) is 14.6. The smallest absolute Gasteiger partial charge is 0.324 e. The predicted molar refractivity (Wildman–Crippen MR) is 98.7 cm³/mol. The molecule has 1 fully saturated rings. The molecule has 1 aliphatic heterocycles. The average molecular weight is 368 g/mol. The van der Waals surface area contributed by atoms with Crippen LogP contribution in [0.25, 0.3) is 0 Å². The van der Waals surface area contributed by atoms with Crippen LogP contribution in [0.4, 0.5) is 10.5 Å². The van der Waals surface area contributed by atoms with Crippen molar-refractivity contribution in [2.75, 3.05) is 25.0 Å². The van der Waals surface area contributed by atoms with Gasteiger partial charge < -0.3 is 10.2 Å². The van der Waals surface area contributed by atoms with Crippen LogP contribution in [0.1, 0.15) is 15.9 Å². The lowest BCUT2D eigenvalue weighted by Crippen LogP contribution is -2.32. The summed E-state index contributed by atoms with van der Waals surface area (Å²) < 4.78 is 0. The van der Waals surface area contributed by atoms with E-state index in [9.17, 15) is 14.4 Å². The summed E-state index contributed by atoms with van der Waals surface area (Å²) in [6, 6.07) is 16.1. The van der Waals surface area contributed by atoms with E-state index in [1.54, 1.807) is 24.3 Å². The Hall–Kier alpha value is -3.39. The minimum atomic E-state index is -0.401. The molecule has 0 radical (unpaired) electrons. The summed E-state index contributed by atoms with van der Waals surface area (Å²) in [7, 11) is 0. The first-order chi connectivity index (χ1) is 13.1. The summed E-state index contributed by atoms with van der Waals surface area (Å²) >= 11 is 0. The van der Waals surface area contributed by atoms with Crippen molar-refractivity contribution in [3.05, 3.63) is 65.7 Å². The molecule has 1 aliphatic rings. The topological polar surface area (TPSA) is 99.8 Å². The largest absolute Gasteiger partial charge is 0.383 e. The highest BCUT2D eigenvalue weighted by atomic mass is 16.6. The molecule has 0 spiro atoms. The molecule has 0 unspecified atom stereocenters. The van der Waals surface area contributed by atoms with Gasteiger partial charge in [0.15, 0.2) is 0 Å². The Morgan fingerprint density at radius 3 is 2.56 bits per heavy atom. The maximum absolute atomic E-state index is 12.4. The van der Waals surface area contributed by atoms with Gasteiger partial charge in [-0.3, -0.25) is 19.7 Å². The van der Waals surface area contributed by atoms with Crippen LogP contribution in [0.3, 0.4) is 0 Å². The number of hydroxylamine groups is 1. The van der Waals surface area contributed by atoms with Gasteiger partial charge >= 0.3 is 6.03 Å². The molecule has 27 heavy (non-hydrogen) atoms. The summed E-state index contributed by atoms with van der Waals surface area (Å²) in [5, 5.41) is 5.34. The number of hydrogen-bond donors (Lipinski definition) is 3. The second-order valence-corrected chi connectivity index (χ2v) is 5.95. The SMILES string of the molecule is O=C1CN(CCNc2ccccc2C(=O)NOCc2ccccc2)C(=O)N1. The second-order valence-electron chi connectivity index (χ2n) is 5.95. The van der Waals surface area contributed by atoms with Crippen molar-refractivity contribution in [2.24, 2.45) is 0 Å². The Morgan fingerprint density at radius 1 is 1.07 bits per heavy atom. The van der Waals surface area contributed by atoms with E-state index in [1.165, 1.54) is 4.90 Å². The summed E-state index contributed by atoms with van der Waals surface area (Å²) in [5.74, 6) is -0.682. The Morgan fingerprint density at radius 2 is 1.81 bits per heavy atom. The summed E-state index contributed by atoms with van der Waals surface area (Å²) in [6.45, 7) is 1.06. The fraction of sp³-hybridized carbons (Fsp3) is 0.211. The molecule has 140 valence electrons. The molecule has 8 nitrogen and oxygen atoms in total. The summed E-state index contributed by atoms with van der Waals surface area (Å²) in [4.78, 5) is 41.8. The number of amides is 4. The molecule has 0 bridgehead atoms. The van der Waals surface area contributed by atoms with Crippen molar-refractivity contribution in [1.82, 2.24) is 15.7 Å². The lowest BCUT2D eigenvalue weighted by atomic mass is 10.1. The number of imide groups is 1. The molecule has 0 atom stereocenters. The van der Waals surface area contributed by atoms with Crippen molar-refractivity contribution in [3.63, 3.8) is 0 Å². The van der Waals surface area contributed by atoms with Crippen LogP contribution >= 0.6 is 0 Å². The van der Waals surface area contributed by atoms with Crippen LogP contribution in [-0.4, -0.2) is 42.4 Å². The molecule has 3 rings (SSSR count). The molecule has 0 aromatic heterocycles. The van der Waals surface area contributed by atoms with E-state index in [0.717, 1.165) is 5.56 Å². The van der Waals surface area contributed by atoms with Crippen LogP contribution in [-0.2, 0) is 16.2 Å². The van der Waals surface area contributed by atoms with E-state index < -0.39 is 6.03 Å². The average Bonchev–Trinajstić information content (AvgIpc) is 3.00. The summed E-state index contributed by atoms with van der Waals surface area (Å²) in [5.41, 5.74) is 4.42. The lowest BCUT2D eigenvalue weighted by molar-refractivity contribution is -0.118. The monoisotopic (exact) mass is 368 g/mol. The van der Waals surface area contributed by atoms with Gasteiger partial charge in [-0.1, -0.05) is 42.5 Å². The highest BCUT2D eigenvalue weighted by molar-refractivity contribution is 6.02. The highest BCUT2D eigenvalue weighted by Crippen LogP contribution is 2.15. The van der Waals surface area contributed by atoms with Crippen molar-refractivity contribution >= 4 is 23.5 Å². The molecule has 2 aromatic rings. The van der Waals surface area contributed by atoms with E-state index in [0.29, 0.717) is 24.3 Å². The zero-order valence-electron chi connectivity index (χ0n) is 14.6. The Kier molecular flexibility index (Phi) is 6.01. The van der Waals surface area contributed by atoms with Gasteiger partial charge in [0.1, 0.15) is 6.54 Å². The van der Waals surface area contributed by atoms with E-state index in [-0.39, 0.29) is 25.0 Å². The number of carbonyl (C=O) groups is 3. The number of rotatable bonds is 8. The Bertz CT molecular complexity index is 825. The number of hydrogen-bond acceptors (Lipinski definition) is 5. The zero-order chi connectivity index (χ0) is 19.1. The van der Waals surface area contributed by atoms with E-state index >= 15 is 0 Å². The van der Waals surface area contributed by atoms with Crippen LogP contribution in [0.5, 0.6) is 0 Å². The third kappa shape index (κ3) is 5.05. The van der Waals surface area contributed by atoms with Crippen LogP contribution < -0.4 is 16.1 Å². The molecule has 3 N–H and O–H groups in total. The van der Waals surface area contributed by atoms with Crippen molar-refractivity contribution in [2.45, 2.75) is 6.61 Å². The first-order valence-electron chi connectivity index (χ1n) is 8.51. The Labute approximate surface area is 156 Å². The number of nitrogens with zero attached hydrogens (tertiary/aromatic N) is 1. The van der Waals surface area contributed by atoms with Crippen LogP contribution in [0, 0.1) is 0 Å². The number of benzene rings is 2. The van der Waals surface area contributed by atoms with Gasteiger partial charge in [-0.2, -0.15) is 0 Å². The van der Waals surface area contributed by atoms with Gasteiger partial charge in [-0.05, 0) is 17.7 Å². The van der Waals surface area contributed by atoms with Gasteiger partial charge in [-0.25, -0.2) is 10.3 Å². The van der Waals surface area contributed by atoms with E-state index in [4.69, 9.17) is 4.84 Å². The van der Waals surface area contributed by atoms with Crippen LogP contribution in [0.2, 0.25) is 0 Å². The fourth-order valence-corrected chi connectivity index (χ4v) is 2.64. The fourth-order valence-electron chi connectivity index (χ4n) is 2.64. The van der Waals surface area contributed by atoms with E-state index in [2.05, 4.69) is 16.1 Å². The molecular weight excluding hydrogens is 348 g/mol. The Balaban J connectivity index is 1.51. The molecule has 1 saturated heterocycles. The number of nitrogens with one attached hydrogen (secondary N) is 3. The minimum absolute atomic E-state index is 0.0516. The number of para-hydroxylation sites is 1. The van der Waals surface area contributed by atoms with Gasteiger partial charge in [-0.15, -0.1) is 0 Å².